The van der Waals surface area contributed by atoms with E-state index in [-0.39, 0.29) is 13.0 Å². The lowest BCUT2D eigenvalue weighted by Crippen LogP contribution is -2.42. The number of ether oxygens (including phenoxy) is 1. The molecule has 1 atom stereocenters. The van der Waals surface area contributed by atoms with Gasteiger partial charge in [-0.25, -0.2) is 14.6 Å². The van der Waals surface area contributed by atoms with Gasteiger partial charge in [0, 0.05) is 12.6 Å². The number of carboxylic acids is 1. The molecular weight excluding hydrogens is 454 g/mol. The van der Waals surface area contributed by atoms with Crippen molar-refractivity contribution < 1.29 is 19.4 Å². The standard InChI is InChI=1S/C29H27N3O4/c1-2-18-36-28(35)31-26(27(33)34)19-25-20-32(21-30-25)29(22-12-6-3-7-13-22,23-14-8-4-9-15-23)24-16-10-5-11-17-24/h2-17,20-21,26H,1,18-19H2,(H,31,35)(H,33,34)/t26-/m1/s1. The topological polar surface area (TPSA) is 93.5 Å². The second-order valence-electron chi connectivity index (χ2n) is 8.21. The molecule has 0 saturated heterocycles. The number of benzene rings is 3. The average molecular weight is 482 g/mol. The van der Waals surface area contributed by atoms with Gasteiger partial charge >= 0.3 is 12.1 Å². The molecule has 4 rings (SSSR count). The minimum Gasteiger partial charge on any atom is -0.480 e. The zero-order valence-corrected chi connectivity index (χ0v) is 19.7. The quantitative estimate of drug-likeness (QED) is 0.254. The van der Waals surface area contributed by atoms with Crippen LogP contribution in [-0.2, 0) is 21.5 Å². The molecule has 182 valence electrons. The molecule has 0 radical (unpaired) electrons. The van der Waals surface area contributed by atoms with E-state index in [9.17, 15) is 14.7 Å². The summed E-state index contributed by atoms with van der Waals surface area (Å²) in [6.07, 6.45) is 4.11. The second kappa shape index (κ2) is 11.2. The summed E-state index contributed by atoms with van der Waals surface area (Å²) in [6.45, 7) is 3.47. The van der Waals surface area contributed by atoms with Crippen LogP contribution in [0.4, 0.5) is 4.79 Å². The fraction of sp³-hybridized carbons (Fsp3) is 0.138. The molecule has 0 bridgehead atoms. The Bertz CT molecular complexity index is 1210. The Labute approximate surface area is 209 Å². The Balaban J connectivity index is 1.80. The first-order valence-corrected chi connectivity index (χ1v) is 11.5. The van der Waals surface area contributed by atoms with Crippen LogP contribution in [0.15, 0.2) is 116 Å². The van der Waals surface area contributed by atoms with Crippen LogP contribution in [0.2, 0.25) is 0 Å². The Morgan fingerprint density at radius 3 is 1.89 bits per heavy atom. The lowest BCUT2D eigenvalue weighted by molar-refractivity contribution is -0.139. The number of aliphatic carboxylic acids is 1. The summed E-state index contributed by atoms with van der Waals surface area (Å²) in [5.41, 5.74) is 2.81. The maximum Gasteiger partial charge on any atom is 0.408 e. The first-order valence-electron chi connectivity index (χ1n) is 11.5. The van der Waals surface area contributed by atoms with Crippen molar-refractivity contribution in [3.63, 3.8) is 0 Å². The van der Waals surface area contributed by atoms with Crippen LogP contribution in [0.25, 0.3) is 0 Å². The molecule has 1 aromatic heterocycles. The van der Waals surface area contributed by atoms with Crippen LogP contribution in [0.1, 0.15) is 22.4 Å². The van der Waals surface area contributed by atoms with Crippen LogP contribution >= 0.6 is 0 Å². The average Bonchev–Trinajstić information content (AvgIpc) is 3.38. The van der Waals surface area contributed by atoms with Gasteiger partial charge in [0.2, 0.25) is 0 Å². The third-order valence-corrected chi connectivity index (χ3v) is 5.93. The highest BCUT2D eigenvalue weighted by Gasteiger charge is 2.38. The first kappa shape index (κ1) is 24.5. The van der Waals surface area contributed by atoms with Gasteiger partial charge in [-0.1, -0.05) is 104 Å². The highest BCUT2D eigenvalue weighted by atomic mass is 16.5. The number of carboxylic acid groups (broad SMARTS) is 1. The summed E-state index contributed by atoms with van der Waals surface area (Å²) < 4.78 is 6.88. The smallest absolute Gasteiger partial charge is 0.408 e. The Morgan fingerprint density at radius 2 is 1.44 bits per heavy atom. The van der Waals surface area contributed by atoms with Crippen LogP contribution < -0.4 is 5.32 Å². The number of alkyl carbamates (subject to hydrolysis) is 1. The van der Waals surface area contributed by atoms with E-state index in [1.165, 1.54) is 6.08 Å². The van der Waals surface area contributed by atoms with E-state index < -0.39 is 23.6 Å². The summed E-state index contributed by atoms with van der Waals surface area (Å²) >= 11 is 0. The SMILES string of the molecule is C=CCOC(=O)N[C@H](Cc1cn(C(c2ccccc2)(c2ccccc2)c2ccccc2)cn1)C(=O)O. The third kappa shape index (κ3) is 5.05. The molecule has 7 heteroatoms. The van der Waals surface area contributed by atoms with Gasteiger partial charge in [0.05, 0.1) is 12.0 Å². The summed E-state index contributed by atoms with van der Waals surface area (Å²) in [5.74, 6) is -1.18. The predicted molar refractivity (Wildman–Crippen MR) is 137 cm³/mol. The summed E-state index contributed by atoms with van der Waals surface area (Å²) in [4.78, 5) is 28.4. The number of carbonyl (C=O) groups is 2. The molecule has 0 aliphatic rings. The first-order chi connectivity index (χ1) is 17.6. The number of aromatic nitrogens is 2. The van der Waals surface area contributed by atoms with E-state index >= 15 is 0 Å². The Hall–Kier alpha value is -4.65. The van der Waals surface area contributed by atoms with Crippen LogP contribution in [0, 0.1) is 0 Å². The van der Waals surface area contributed by atoms with Gasteiger partial charge in [-0.15, -0.1) is 0 Å². The number of carbonyl (C=O) groups excluding carboxylic acids is 1. The molecule has 0 fully saturated rings. The maximum absolute atomic E-state index is 12.0. The van der Waals surface area contributed by atoms with E-state index in [2.05, 4.69) is 53.3 Å². The molecule has 0 aliphatic heterocycles. The van der Waals surface area contributed by atoms with Gasteiger partial charge in [-0.2, -0.15) is 0 Å². The van der Waals surface area contributed by atoms with Gasteiger partial charge in [-0.3, -0.25) is 0 Å². The van der Waals surface area contributed by atoms with Gasteiger partial charge in [0.25, 0.3) is 0 Å². The third-order valence-electron chi connectivity index (χ3n) is 5.93. The Morgan fingerprint density at radius 1 is 0.944 bits per heavy atom. The molecule has 1 amide bonds. The molecule has 0 aliphatic carbocycles. The predicted octanol–water partition coefficient (Wildman–Crippen LogP) is 4.63. The van der Waals surface area contributed by atoms with E-state index in [0.29, 0.717) is 5.69 Å². The number of rotatable bonds is 10. The van der Waals surface area contributed by atoms with E-state index in [1.807, 2.05) is 65.4 Å². The highest BCUT2D eigenvalue weighted by Crippen LogP contribution is 2.40. The number of amides is 1. The minimum atomic E-state index is -1.20. The molecule has 0 unspecified atom stereocenters. The number of hydrogen-bond acceptors (Lipinski definition) is 4. The molecule has 0 spiro atoms. The van der Waals surface area contributed by atoms with Crippen molar-refractivity contribution in [1.29, 1.82) is 0 Å². The minimum absolute atomic E-state index is 0.0133. The zero-order valence-electron chi connectivity index (χ0n) is 19.7. The molecule has 4 aromatic rings. The fourth-order valence-corrected chi connectivity index (χ4v) is 4.37. The lowest BCUT2D eigenvalue weighted by Gasteiger charge is -2.37. The number of nitrogens with zero attached hydrogens (tertiary/aromatic N) is 2. The van der Waals surface area contributed by atoms with Crippen molar-refractivity contribution in [3.8, 4) is 0 Å². The van der Waals surface area contributed by atoms with Gasteiger partial charge in [0.15, 0.2) is 0 Å². The van der Waals surface area contributed by atoms with Gasteiger partial charge in [-0.05, 0) is 16.7 Å². The molecule has 1 heterocycles. The largest absolute Gasteiger partial charge is 0.480 e. The normalized spacial score (nSPS) is 11.9. The molecule has 36 heavy (non-hydrogen) atoms. The fourth-order valence-electron chi connectivity index (χ4n) is 4.37. The van der Waals surface area contributed by atoms with Crippen molar-refractivity contribution in [1.82, 2.24) is 14.9 Å². The number of hydrogen-bond donors (Lipinski definition) is 2. The zero-order chi connectivity index (χ0) is 25.4. The van der Waals surface area contributed by atoms with Crippen molar-refractivity contribution in [2.75, 3.05) is 6.61 Å². The van der Waals surface area contributed by atoms with E-state index in [4.69, 9.17) is 4.74 Å². The van der Waals surface area contributed by atoms with Crippen LogP contribution in [-0.4, -0.2) is 39.4 Å². The summed E-state index contributed by atoms with van der Waals surface area (Å²) in [6, 6.07) is 29.1. The van der Waals surface area contributed by atoms with Gasteiger partial charge in [0.1, 0.15) is 18.2 Å². The number of nitrogens with one attached hydrogen (secondary N) is 1. The van der Waals surface area contributed by atoms with Crippen molar-refractivity contribution in [2.24, 2.45) is 0 Å². The summed E-state index contributed by atoms with van der Waals surface area (Å²) in [7, 11) is 0. The highest BCUT2D eigenvalue weighted by molar-refractivity contribution is 5.80. The maximum atomic E-state index is 12.0. The molecular formula is C29H27N3O4. The van der Waals surface area contributed by atoms with Crippen molar-refractivity contribution in [3.05, 3.63) is 139 Å². The molecule has 0 saturated carbocycles. The van der Waals surface area contributed by atoms with Gasteiger partial charge < -0.3 is 19.7 Å². The van der Waals surface area contributed by atoms with Crippen LogP contribution in [0.5, 0.6) is 0 Å². The molecule has 3 aromatic carbocycles. The molecule has 2 N–H and O–H groups in total. The lowest BCUT2D eigenvalue weighted by atomic mass is 9.77. The van der Waals surface area contributed by atoms with Crippen molar-refractivity contribution >= 4 is 12.1 Å². The summed E-state index contributed by atoms with van der Waals surface area (Å²) in [5, 5.41) is 12.1. The number of imidazole rings is 1. The van der Waals surface area contributed by atoms with Crippen LogP contribution in [0.3, 0.4) is 0 Å². The monoisotopic (exact) mass is 481 g/mol. The van der Waals surface area contributed by atoms with E-state index in [1.54, 1.807) is 6.33 Å². The van der Waals surface area contributed by atoms with Crippen molar-refractivity contribution in [2.45, 2.75) is 18.0 Å². The Kier molecular flexibility index (Phi) is 7.60. The van der Waals surface area contributed by atoms with E-state index in [0.717, 1.165) is 16.7 Å². The molecule has 7 nitrogen and oxygen atoms in total. The second-order valence-corrected chi connectivity index (χ2v) is 8.21.